The predicted molar refractivity (Wildman–Crippen MR) is 117 cm³/mol. The second-order valence-corrected chi connectivity index (χ2v) is 7.72. The minimum atomic E-state index is 0.707. The largest absolute Gasteiger partial charge is 0.461 e. The van der Waals surface area contributed by atoms with Crippen LogP contribution in [0.15, 0.2) is 94.8 Å². The van der Waals surface area contributed by atoms with Gasteiger partial charge < -0.3 is 8.98 Å². The van der Waals surface area contributed by atoms with Gasteiger partial charge in [0.1, 0.15) is 0 Å². The third-order valence-electron chi connectivity index (χ3n) is 4.79. The molecule has 0 unspecified atom stereocenters. The van der Waals surface area contributed by atoms with Crippen molar-refractivity contribution in [2.75, 3.05) is 0 Å². The molecule has 0 aliphatic heterocycles. The molecular weight excluding hydrogens is 394 g/mol. The molecule has 5 rings (SSSR count). The Morgan fingerprint density at radius 2 is 1.67 bits per heavy atom. The van der Waals surface area contributed by atoms with Gasteiger partial charge in [0.2, 0.25) is 0 Å². The van der Waals surface area contributed by atoms with E-state index in [1.54, 1.807) is 18.0 Å². The van der Waals surface area contributed by atoms with Crippen LogP contribution in [0.25, 0.3) is 28.5 Å². The molecule has 6 nitrogen and oxygen atoms in total. The third kappa shape index (κ3) is 3.55. The summed E-state index contributed by atoms with van der Waals surface area (Å²) < 4.78 is 9.35. The lowest BCUT2D eigenvalue weighted by Crippen LogP contribution is -1.94. The van der Waals surface area contributed by atoms with Crippen molar-refractivity contribution < 1.29 is 4.42 Å². The van der Waals surface area contributed by atoms with Crippen molar-refractivity contribution in [3.8, 4) is 28.5 Å². The second-order valence-electron chi connectivity index (χ2n) is 6.78. The second kappa shape index (κ2) is 8.04. The van der Waals surface area contributed by atoms with Crippen molar-refractivity contribution in [1.29, 1.82) is 0 Å². The molecule has 0 aliphatic rings. The summed E-state index contributed by atoms with van der Waals surface area (Å²) in [6, 6.07) is 24.1. The molecule has 0 amide bonds. The van der Waals surface area contributed by atoms with Crippen LogP contribution in [0.3, 0.4) is 0 Å². The van der Waals surface area contributed by atoms with E-state index in [4.69, 9.17) is 9.52 Å². The summed E-state index contributed by atoms with van der Waals surface area (Å²) in [5.41, 5.74) is 4.24. The molecule has 5 aromatic rings. The van der Waals surface area contributed by atoms with E-state index in [0.29, 0.717) is 11.6 Å². The summed E-state index contributed by atoms with van der Waals surface area (Å²) in [4.78, 5) is 0. The number of hydrogen-bond donors (Lipinski definition) is 0. The van der Waals surface area contributed by atoms with Gasteiger partial charge in [-0.3, -0.25) is 0 Å². The lowest BCUT2D eigenvalue weighted by molar-refractivity contribution is 0.572. The highest BCUT2D eigenvalue weighted by molar-refractivity contribution is 7.98. The van der Waals surface area contributed by atoms with E-state index >= 15 is 0 Å². The quantitative estimate of drug-likeness (QED) is 0.357. The van der Waals surface area contributed by atoms with Crippen LogP contribution in [0, 0.1) is 0 Å². The van der Waals surface area contributed by atoms with E-state index < -0.39 is 0 Å². The van der Waals surface area contributed by atoms with Gasteiger partial charge in [-0.05, 0) is 24.3 Å². The summed E-state index contributed by atoms with van der Waals surface area (Å²) in [5.74, 6) is 2.14. The first-order valence-corrected chi connectivity index (χ1v) is 10.5. The van der Waals surface area contributed by atoms with Crippen LogP contribution in [0.1, 0.15) is 5.56 Å². The first-order chi connectivity index (χ1) is 14.8. The molecule has 0 saturated carbocycles. The van der Waals surface area contributed by atoms with Crippen molar-refractivity contribution >= 4 is 11.8 Å². The number of benzene rings is 2. The van der Waals surface area contributed by atoms with Gasteiger partial charge in [-0.25, -0.2) is 4.68 Å². The van der Waals surface area contributed by atoms with E-state index in [-0.39, 0.29) is 0 Å². The van der Waals surface area contributed by atoms with E-state index in [2.05, 4.69) is 40.7 Å². The number of rotatable bonds is 6. The Bertz CT molecular complexity index is 1240. The molecule has 0 saturated heterocycles. The van der Waals surface area contributed by atoms with Gasteiger partial charge in [-0.1, -0.05) is 60.3 Å². The number of thioether (sulfide) groups is 1. The van der Waals surface area contributed by atoms with E-state index in [0.717, 1.165) is 33.4 Å². The van der Waals surface area contributed by atoms with Crippen LogP contribution in [0.4, 0.5) is 0 Å². The monoisotopic (exact) mass is 413 g/mol. The molecule has 0 bridgehead atoms. The van der Waals surface area contributed by atoms with Crippen LogP contribution in [0.2, 0.25) is 0 Å². The molecule has 7 heteroatoms. The van der Waals surface area contributed by atoms with Gasteiger partial charge in [-0.2, -0.15) is 5.10 Å². The zero-order valence-electron chi connectivity index (χ0n) is 16.3. The zero-order chi connectivity index (χ0) is 20.3. The summed E-state index contributed by atoms with van der Waals surface area (Å²) in [6.45, 7) is 0. The number of aromatic nitrogens is 5. The third-order valence-corrected chi connectivity index (χ3v) is 5.86. The van der Waals surface area contributed by atoms with Gasteiger partial charge >= 0.3 is 0 Å². The minimum Gasteiger partial charge on any atom is -0.461 e. The van der Waals surface area contributed by atoms with Gasteiger partial charge in [0, 0.05) is 30.1 Å². The molecule has 3 aromatic heterocycles. The molecule has 2 aromatic carbocycles. The maximum absolute atomic E-state index is 5.46. The first-order valence-electron chi connectivity index (χ1n) is 9.55. The Hall–Kier alpha value is -3.58. The van der Waals surface area contributed by atoms with Crippen LogP contribution in [0.5, 0.6) is 0 Å². The predicted octanol–water partition coefficient (Wildman–Crippen LogP) is 5.22. The lowest BCUT2D eigenvalue weighted by Gasteiger charge is -2.03. The van der Waals surface area contributed by atoms with Crippen molar-refractivity contribution in [1.82, 2.24) is 24.5 Å². The standard InChI is InChI=1S/C23H19N5OS/c1-27-22(20-13-8-14-29-20)24-25-23(27)30-16-18-15-28(19-11-6-3-7-12-19)26-21(18)17-9-4-2-5-10-17/h2-15H,16H2,1H3. The Morgan fingerprint density at radius 3 is 2.40 bits per heavy atom. The van der Waals surface area contributed by atoms with Crippen LogP contribution < -0.4 is 0 Å². The Morgan fingerprint density at radius 1 is 0.900 bits per heavy atom. The highest BCUT2D eigenvalue weighted by atomic mass is 32.2. The number of hydrogen-bond acceptors (Lipinski definition) is 5. The van der Waals surface area contributed by atoms with Gasteiger partial charge in [0.15, 0.2) is 16.7 Å². The molecule has 0 fully saturated rings. The minimum absolute atomic E-state index is 0.707. The molecule has 0 radical (unpaired) electrons. The van der Waals surface area contributed by atoms with Crippen molar-refractivity contribution in [2.45, 2.75) is 10.9 Å². The number of furan rings is 1. The summed E-state index contributed by atoms with van der Waals surface area (Å²) in [5, 5.41) is 14.3. The van der Waals surface area contributed by atoms with Crippen molar-refractivity contribution in [3.63, 3.8) is 0 Å². The fourth-order valence-corrected chi connectivity index (χ4v) is 4.15. The van der Waals surface area contributed by atoms with Crippen LogP contribution >= 0.6 is 11.8 Å². The van der Waals surface area contributed by atoms with E-state index in [9.17, 15) is 0 Å². The fraction of sp³-hybridized carbons (Fsp3) is 0.0870. The smallest absolute Gasteiger partial charge is 0.200 e. The SMILES string of the molecule is Cn1c(SCc2cn(-c3ccccc3)nc2-c2ccccc2)nnc1-c1ccco1. The Labute approximate surface area is 178 Å². The average Bonchev–Trinajstić information content (AvgIpc) is 3.54. The maximum atomic E-state index is 5.46. The first kappa shape index (κ1) is 18.4. The molecule has 0 aliphatic carbocycles. The molecule has 0 atom stereocenters. The molecule has 3 heterocycles. The molecular formula is C23H19N5OS. The molecule has 0 spiro atoms. The molecule has 0 N–H and O–H groups in total. The van der Waals surface area contributed by atoms with Gasteiger partial charge in [0.25, 0.3) is 0 Å². The molecule has 30 heavy (non-hydrogen) atoms. The summed E-state index contributed by atoms with van der Waals surface area (Å²) in [7, 11) is 1.95. The summed E-state index contributed by atoms with van der Waals surface area (Å²) in [6.07, 6.45) is 3.73. The zero-order valence-corrected chi connectivity index (χ0v) is 17.2. The van der Waals surface area contributed by atoms with Crippen molar-refractivity contribution in [3.05, 3.63) is 90.8 Å². The average molecular weight is 414 g/mol. The van der Waals surface area contributed by atoms with Crippen LogP contribution in [-0.4, -0.2) is 24.5 Å². The maximum Gasteiger partial charge on any atom is 0.200 e. The number of nitrogens with zero attached hydrogens (tertiary/aromatic N) is 5. The normalized spacial score (nSPS) is 11.1. The van der Waals surface area contributed by atoms with Gasteiger partial charge in [-0.15, -0.1) is 10.2 Å². The number of para-hydroxylation sites is 1. The Kier molecular flexibility index (Phi) is 4.94. The van der Waals surface area contributed by atoms with Crippen molar-refractivity contribution in [2.24, 2.45) is 7.05 Å². The summed E-state index contributed by atoms with van der Waals surface area (Å²) >= 11 is 1.63. The molecule has 148 valence electrons. The lowest BCUT2D eigenvalue weighted by atomic mass is 10.1. The fourth-order valence-electron chi connectivity index (χ4n) is 3.27. The van der Waals surface area contributed by atoms with E-state index in [1.807, 2.05) is 64.8 Å². The Balaban J connectivity index is 1.46. The van der Waals surface area contributed by atoms with Gasteiger partial charge in [0.05, 0.1) is 17.6 Å². The van der Waals surface area contributed by atoms with Crippen LogP contribution in [-0.2, 0) is 12.8 Å². The highest BCUT2D eigenvalue weighted by Crippen LogP contribution is 2.30. The van der Waals surface area contributed by atoms with E-state index in [1.165, 1.54) is 0 Å². The highest BCUT2D eigenvalue weighted by Gasteiger charge is 2.16. The topological polar surface area (TPSA) is 61.7 Å².